The molecule has 5 nitrogen and oxygen atoms in total. The Morgan fingerprint density at radius 3 is 2.95 bits per heavy atom. The monoisotopic (exact) mass is 371 g/mol. The van der Waals surface area contributed by atoms with Crippen molar-refractivity contribution in [3.8, 4) is 0 Å². The second-order valence-electron chi connectivity index (χ2n) is 5.11. The summed E-state index contributed by atoms with van der Waals surface area (Å²) in [5.41, 5.74) is 0.228. The Morgan fingerprint density at radius 2 is 2.14 bits per heavy atom. The molecule has 1 aromatic rings. The Labute approximate surface area is 137 Å². The van der Waals surface area contributed by atoms with Crippen molar-refractivity contribution in [1.29, 1.82) is 0 Å². The van der Waals surface area contributed by atoms with Gasteiger partial charge < -0.3 is 15.5 Å². The van der Waals surface area contributed by atoms with E-state index in [0.29, 0.717) is 11.0 Å². The number of halogens is 2. The van der Waals surface area contributed by atoms with Gasteiger partial charge in [-0.3, -0.25) is 9.59 Å². The van der Waals surface area contributed by atoms with Crippen molar-refractivity contribution in [2.75, 3.05) is 32.7 Å². The van der Waals surface area contributed by atoms with Gasteiger partial charge in [0, 0.05) is 37.1 Å². The number of hydrogen-bond donors (Lipinski definition) is 2. The Kier molecular flexibility index (Phi) is 6.33. The first-order chi connectivity index (χ1) is 10.6. The molecule has 0 unspecified atom stereocenters. The molecular weight excluding hydrogens is 353 g/mol. The Morgan fingerprint density at radius 1 is 1.32 bits per heavy atom. The van der Waals surface area contributed by atoms with Crippen molar-refractivity contribution in [3.63, 3.8) is 0 Å². The molecule has 0 bridgehead atoms. The van der Waals surface area contributed by atoms with Crippen LogP contribution in [0.25, 0.3) is 0 Å². The van der Waals surface area contributed by atoms with Crippen LogP contribution in [0, 0.1) is 5.82 Å². The molecule has 0 aliphatic carbocycles. The number of nitrogens with one attached hydrogen (secondary N) is 2. The number of nitrogens with zero attached hydrogens (tertiary/aromatic N) is 1. The Hall–Kier alpha value is -1.47. The second-order valence-corrected chi connectivity index (χ2v) is 5.97. The maximum Gasteiger partial charge on any atom is 0.252 e. The van der Waals surface area contributed by atoms with E-state index in [4.69, 9.17) is 0 Å². The molecule has 2 N–H and O–H groups in total. The lowest BCUT2D eigenvalue weighted by Crippen LogP contribution is -2.36. The fraction of sp³-hybridized carbons (Fsp3) is 0.467. The molecule has 120 valence electrons. The molecule has 1 fully saturated rings. The van der Waals surface area contributed by atoms with Gasteiger partial charge in [-0.05, 0) is 47.1 Å². The van der Waals surface area contributed by atoms with Crippen molar-refractivity contribution >= 4 is 27.7 Å². The zero-order valence-electron chi connectivity index (χ0n) is 12.2. The molecule has 22 heavy (non-hydrogen) atoms. The van der Waals surface area contributed by atoms with Crippen LogP contribution in [0.3, 0.4) is 0 Å². The third kappa shape index (κ3) is 4.78. The molecule has 0 aromatic heterocycles. The number of carbonyl (C=O) groups is 2. The van der Waals surface area contributed by atoms with Crippen LogP contribution in [0.4, 0.5) is 4.39 Å². The summed E-state index contributed by atoms with van der Waals surface area (Å²) in [6, 6.07) is 3.93. The summed E-state index contributed by atoms with van der Waals surface area (Å²) >= 11 is 3.21. The summed E-state index contributed by atoms with van der Waals surface area (Å²) in [7, 11) is 0. The van der Waals surface area contributed by atoms with E-state index in [1.54, 1.807) is 0 Å². The minimum Gasteiger partial charge on any atom is -0.351 e. The van der Waals surface area contributed by atoms with Crippen molar-refractivity contribution in [2.45, 2.75) is 12.8 Å². The van der Waals surface area contributed by atoms with Crippen molar-refractivity contribution in [3.05, 3.63) is 34.1 Å². The molecule has 0 atom stereocenters. The van der Waals surface area contributed by atoms with Crippen LogP contribution in [0.1, 0.15) is 23.2 Å². The summed E-state index contributed by atoms with van der Waals surface area (Å²) in [4.78, 5) is 25.9. The van der Waals surface area contributed by atoms with E-state index in [-0.39, 0.29) is 24.4 Å². The molecular formula is C15H19BrFN3O2. The quantitative estimate of drug-likeness (QED) is 0.843. The average Bonchev–Trinajstić information content (AvgIpc) is 2.78. The van der Waals surface area contributed by atoms with E-state index in [1.807, 2.05) is 4.90 Å². The first-order valence-electron chi connectivity index (χ1n) is 7.29. The predicted octanol–water partition coefficient (Wildman–Crippen LogP) is 1.53. The Bertz CT molecular complexity index is 546. The zero-order valence-corrected chi connectivity index (χ0v) is 13.8. The molecule has 0 spiro atoms. The molecule has 1 heterocycles. The van der Waals surface area contributed by atoms with Gasteiger partial charge in [0.15, 0.2) is 0 Å². The predicted molar refractivity (Wildman–Crippen MR) is 85.1 cm³/mol. The van der Waals surface area contributed by atoms with E-state index in [9.17, 15) is 14.0 Å². The third-order valence-electron chi connectivity index (χ3n) is 3.49. The van der Waals surface area contributed by atoms with E-state index in [0.717, 1.165) is 26.1 Å². The highest BCUT2D eigenvalue weighted by Gasteiger charge is 2.16. The average molecular weight is 372 g/mol. The maximum absolute atomic E-state index is 13.2. The highest BCUT2D eigenvalue weighted by Crippen LogP contribution is 2.17. The fourth-order valence-electron chi connectivity index (χ4n) is 2.30. The summed E-state index contributed by atoms with van der Waals surface area (Å²) in [5.74, 6) is -0.833. The van der Waals surface area contributed by atoms with Crippen LogP contribution in [0.15, 0.2) is 22.7 Å². The van der Waals surface area contributed by atoms with Crippen molar-refractivity contribution in [1.82, 2.24) is 15.5 Å². The van der Waals surface area contributed by atoms with Gasteiger partial charge >= 0.3 is 0 Å². The lowest BCUT2D eigenvalue weighted by molar-refractivity contribution is -0.130. The van der Waals surface area contributed by atoms with E-state index >= 15 is 0 Å². The van der Waals surface area contributed by atoms with Gasteiger partial charge in [0.1, 0.15) is 5.82 Å². The lowest BCUT2D eigenvalue weighted by Gasteiger charge is -2.20. The highest BCUT2D eigenvalue weighted by atomic mass is 79.9. The standard InChI is InChI=1S/C15H19BrFN3O2/c16-13-3-2-11(17)10-12(13)15(22)19-6-4-14(21)20-8-1-5-18-7-9-20/h2-3,10,18H,1,4-9H2,(H,19,22). The van der Waals surface area contributed by atoms with Crippen LogP contribution < -0.4 is 10.6 Å². The second kappa shape index (κ2) is 8.24. The Balaban J connectivity index is 1.81. The van der Waals surface area contributed by atoms with Gasteiger partial charge in [0.25, 0.3) is 5.91 Å². The number of amides is 2. The normalized spacial score (nSPS) is 15.3. The molecule has 1 saturated heterocycles. The lowest BCUT2D eigenvalue weighted by atomic mass is 10.2. The van der Waals surface area contributed by atoms with Crippen molar-refractivity contribution < 1.29 is 14.0 Å². The van der Waals surface area contributed by atoms with Gasteiger partial charge in [0.2, 0.25) is 5.91 Å². The number of carbonyl (C=O) groups excluding carboxylic acids is 2. The summed E-state index contributed by atoms with van der Waals surface area (Å²) < 4.78 is 13.7. The van der Waals surface area contributed by atoms with E-state index < -0.39 is 11.7 Å². The minimum atomic E-state index is -0.471. The van der Waals surface area contributed by atoms with Crippen LogP contribution in [-0.2, 0) is 4.79 Å². The molecule has 2 amide bonds. The zero-order chi connectivity index (χ0) is 15.9. The van der Waals surface area contributed by atoms with Gasteiger partial charge in [-0.1, -0.05) is 0 Å². The van der Waals surface area contributed by atoms with Crippen LogP contribution in [0.2, 0.25) is 0 Å². The maximum atomic E-state index is 13.2. The van der Waals surface area contributed by atoms with Crippen LogP contribution >= 0.6 is 15.9 Å². The summed E-state index contributed by atoms with van der Waals surface area (Å²) in [5, 5.41) is 5.89. The van der Waals surface area contributed by atoms with Gasteiger partial charge in [0.05, 0.1) is 5.56 Å². The van der Waals surface area contributed by atoms with Gasteiger partial charge in [-0.2, -0.15) is 0 Å². The molecule has 0 radical (unpaired) electrons. The highest BCUT2D eigenvalue weighted by molar-refractivity contribution is 9.10. The van der Waals surface area contributed by atoms with E-state index in [1.165, 1.54) is 18.2 Å². The van der Waals surface area contributed by atoms with Gasteiger partial charge in [-0.15, -0.1) is 0 Å². The molecule has 1 aliphatic heterocycles. The largest absolute Gasteiger partial charge is 0.351 e. The number of benzene rings is 1. The fourth-order valence-corrected chi connectivity index (χ4v) is 2.73. The molecule has 0 saturated carbocycles. The molecule has 7 heteroatoms. The molecule has 2 rings (SSSR count). The molecule has 1 aromatic carbocycles. The first kappa shape index (κ1) is 16.9. The number of rotatable bonds is 4. The smallest absolute Gasteiger partial charge is 0.252 e. The first-order valence-corrected chi connectivity index (χ1v) is 8.09. The van der Waals surface area contributed by atoms with E-state index in [2.05, 4.69) is 26.6 Å². The SMILES string of the molecule is O=C(NCCC(=O)N1CCCNCC1)c1cc(F)ccc1Br. The van der Waals surface area contributed by atoms with Crippen molar-refractivity contribution in [2.24, 2.45) is 0 Å². The molecule has 1 aliphatic rings. The summed E-state index contributed by atoms with van der Waals surface area (Å²) in [6.07, 6.45) is 1.19. The number of hydrogen-bond acceptors (Lipinski definition) is 3. The summed E-state index contributed by atoms with van der Waals surface area (Å²) in [6.45, 7) is 3.41. The topological polar surface area (TPSA) is 61.4 Å². The van der Waals surface area contributed by atoms with Crippen LogP contribution in [-0.4, -0.2) is 49.4 Å². The minimum absolute atomic E-state index is 0.0299. The third-order valence-corrected chi connectivity index (χ3v) is 4.18. The van der Waals surface area contributed by atoms with Gasteiger partial charge in [-0.25, -0.2) is 4.39 Å². The van der Waals surface area contributed by atoms with Crippen LogP contribution in [0.5, 0.6) is 0 Å².